The molecule has 0 radical (unpaired) electrons. The third-order valence-electron chi connectivity index (χ3n) is 2.00. The highest BCUT2D eigenvalue weighted by molar-refractivity contribution is 9.10. The van der Waals surface area contributed by atoms with Gasteiger partial charge in [0.15, 0.2) is 0 Å². The molecule has 5 nitrogen and oxygen atoms in total. The van der Waals surface area contributed by atoms with E-state index in [1.807, 2.05) is 0 Å². The van der Waals surface area contributed by atoms with Gasteiger partial charge in [0.2, 0.25) is 0 Å². The molecule has 1 aliphatic rings. The van der Waals surface area contributed by atoms with Crippen LogP contribution in [0.4, 0.5) is 0 Å². The van der Waals surface area contributed by atoms with Crippen LogP contribution in [0.15, 0.2) is 16.9 Å². The lowest BCUT2D eigenvalue weighted by atomic mass is 10.3. The van der Waals surface area contributed by atoms with Crippen LogP contribution in [0.2, 0.25) is 0 Å². The smallest absolute Gasteiger partial charge is 0.316 e. The molecule has 15 heavy (non-hydrogen) atoms. The molecule has 1 aliphatic heterocycles. The summed E-state index contributed by atoms with van der Waals surface area (Å²) in [6, 6.07) is 0.382. The van der Waals surface area contributed by atoms with E-state index in [1.54, 1.807) is 12.4 Å². The molecule has 2 heterocycles. The maximum absolute atomic E-state index is 5.47. The second kappa shape index (κ2) is 5.39. The minimum Gasteiger partial charge on any atom is -0.461 e. The Morgan fingerprint density at radius 1 is 1.53 bits per heavy atom. The fourth-order valence-corrected chi connectivity index (χ4v) is 1.47. The largest absolute Gasteiger partial charge is 0.461 e. The first-order chi connectivity index (χ1) is 7.34. The molecule has 0 spiro atoms. The van der Waals surface area contributed by atoms with Crippen LogP contribution < -0.4 is 10.1 Å². The molecule has 0 aliphatic carbocycles. The standard InChI is InChI=1S/C9H12BrN3O2/c10-7-3-12-9(13-4-7)15-6-8-5-11-1-2-14-8/h3-4,8,11H,1-2,5-6H2. The minimum atomic E-state index is 0.0889. The Balaban J connectivity index is 1.79. The average molecular weight is 274 g/mol. The van der Waals surface area contributed by atoms with Crippen LogP contribution in [0, 0.1) is 0 Å². The van der Waals surface area contributed by atoms with Crippen molar-refractivity contribution < 1.29 is 9.47 Å². The molecule has 1 aromatic rings. The van der Waals surface area contributed by atoms with E-state index in [1.165, 1.54) is 0 Å². The second-order valence-electron chi connectivity index (χ2n) is 3.19. The maximum Gasteiger partial charge on any atom is 0.316 e. The minimum absolute atomic E-state index is 0.0889. The zero-order valence-corrected chi connectivity index (χ0v) is 9.74. The molecule has 0 saturated carbocycles. The van der Waals surface area contributed by atoms with Gasteiger partial charge in [-0.05, 0) is 15.9 Å². The van der Waals surface area contributed by atoms with E-state index in [9.17, 15) is 0 Å². The number of aromatic nitrogens is 2. The third-order valence-corrected chi connectivity index (χ3v) is 2.41. The van der Waals surface area contributed by atoms with E-state index in [4.69, 9.17) is 9.47 Å². The molecule has 1 saturated heterocycles. The van der Waals surface area contributed by atoms with Gasteiger partial charge in [0, 0.05) is 25.5 Å². The fourth-order valence-electron chi connectivity index (χ4n) is 1.27. The van der Waals surface area contributed by atoms with Crippen molar-refractivity contribution >= 4 is 15.9 Å². The lowest BCUT2D eigenvalue weighted by molar-refractivity contribution is -0.00179. The van der Waals surface area contributed by atoms with Gasteiger partial charge in [0.25, 0.3) is 0 Å². The van der Waals surface area contributed by atoms with Crippen molar-refractivity contribution in [2.45, 2.75) is 6.10 Å². The van der Waals surface area contributed by atoms with Crippen LogP contribution in [0.3, 0.4) is 0 Å². The van der Waals surface area contributed by atoms with Crippen LogP contribution >= 0.6 is 15.9 Å². The van der Waals surface area contributed by atoms with Crippen molar-refractivity contribution in [3.8, 4) is 6.01 Å². The first-order valence-corrected chi connectivity index (χ1v) is 5.56. The van der Waals surface area contributed by atoms with Gasteiger partial charge in [-0.25, -0.2) is 9.97 Å². The fraction of sp³-hybridized carbons (Fsp3) is 0.556. The predicted molar refractivity (Wildman–Crippen MR) is 57.8 cm³/mol. The van der Waals surface area contributed by atoms with Gasteiger partial charge >= 0.3 is 6.01 Å². The Kier molecular flexibility index (Phi) is 3.87. The molecule has 0 amide bonds. The Bertz CT molecular complexity index is 301. The number of hydrogen-bond acceptors (Lipinski definition) is 5. The molecule has 1 unspecified atom stereocenters. The molecule has 1 aromatic heterocycles. The summed E-state index contributed by atoms with van der Waals surface area (Å²) in [5.74, 6) is 0. The van der Waals surface area contributed by atoms with Gasteiger partial charge in [-0.1, -0.05) is 0 Å². The molecular weight excluding hydrogens is 262 g/mol. The van der Waals surface area contributed by atoms with Crippen LogP contribution in [-0.2, 0) is 4.74 Å². The number of ether oxygens (including phenoxy) is 2. The van der Waals surface area contributed by atoms with Crippen molar-refractivity contribution in [3.05, 3.63) is 16.9 Å². The van der Waals surface area contributed by atoms with Gasteiger partial charge in [-0.2, -0.15) is 0 Å². The van der Waals surface area contributed by atoms with Crippen molar-refractivity contribution in [1.29, 1.82) is 0 Å². The highest BCUT2D eigenvalue weighted by Crippen LogP contribution is 2.08. The number of rotatable bonds is 3. The van der Waals surface area contributed by atoms with Gasteiger partial charge in [-0.3, -0.25) is 0 Å². The molecule has 82 valence electrons. The molecule has 1 fully saturated rings. The van der Waals surface area contributed by atoms with Crippen LogP contribution in [-0.4, -0.2) is 42.4 Å². The first kappa shape index (κ1) is 10.8. The lowest BCUT2D eigenvalue weighted by Crippen LogP contribution is -2.41. The monoisotopic (exact) mass is 273 g/mol. The number of morpholine rings is 1. The molecule has 1 atom stereocenters. The number of nitrogens with zero attached hydrogens (tertiary/aromatic N) is 2. The summed E-state index contributed by atoms with van der Waals surface area (Å²) in [7, 11) is 0. The summed E-state index contributed by atoms with van der Waals surface area (Å²) >= 11 is 3.26. The SMILES string of the molecule is Brc1cnc(OCC2CNCCO2)nc1. The van der Waals surface area contributed by atoms with E-state index < -0.39 is 0 Å². The Hall–Kier alpha value is -0.720. The Morgan fingerprint density at radius 2 is 2.33 bits per heavy atom. The first-order valence-electron chi connectivity index (χ1n) is 4.77. The molecule has 1 N–H and O–H groups in total. The Morgan fingerprint density at radius 3 is 3.00 bits per heavy atom. The number of hydrogen-bond donors (Lipinski definition) is 1. The Labute approximate surface area is 96.3 Å². The van der Waals surface area contributed by atoms with Gasteiger partial charge in [-0.15, -0.1) is 0 Å². The molecular formula is C9H12BrN3O2. The summed E-state index contributed by atoms with van der Waals surface area (Å²) < 4.78 is 11.7. The second-order valence-corrected chi connectivity index (χ2v) is 4.11. The van der Waals surface area contributed by atoms with Gasteiger partial charge < -0.3 is 14.8 Å². The zero-order chi connectivity index (χ0) is 10.5. The number of nitrogens with one attached hydrogen (secondary N) is 1. The highest BCUT2D eigenvalue weighted by atomic mass is 79.9. The van der Waals surface area contributed by atoms with Crippen LogP contribution in [0.5, 0.6) is 6.01 Å². The zero-order valence-electron chi connectivity index (χ0n) is 8.15. The van der Waals surface area contributed by atoms with Gasteiger partial charge in [0.05, 0.1) is 11.1 Å². The van der Waals surface area contributed by atoms with E-state index in [-0.39, 0.29) is 6.10 Å². The molecule has 0 aromatic carbocycles. The summed E-state index contributed by atoms with van der Waals surface area (Å²) in [5, 5.41) is 3.23. The van der Waals surface area contributed by atoms with Crippen molar-refractivity contribution in [1.82, 2.24) is 15.3 Å². The lowest BCUT2D eigenvalue weighted by Gasteiger charge is -2.22. The molecule has 6 heteroatoms. The molecule has 2 rings (SSSR count). The maximum atomic E-state index is 5.47. The van der Waals surface area contributed by atoms with Crippen molar-refractivity contribution in [2.75, 3.05) is 26.3 Å². The third kappa shape index (κ3) is 3.40. The van der Waals surface area contributed by atoms with Crippen LogP contribution in [0.1, 0.15) is 0 Å². The average Bonchev–Trinajstić information content (AvgIpc) is 2.30. The van der Waals surface area contributed by atoms with E-state index in [2.05, 4.69) is 31.2 Å². The number of halogens is 1. The summed E-state index contributed by atoms with van der Waals surface area (Å²) in [5.41, 5.74) is 0. The van der Waals surface area contributed by atoms with Crippen molar-refractivity contribution in [2.24, 2.45) is 0 Å². The summed E-state index contributed by atoms with van der Waals surface area (Å²) in [6.07, 6.45) is 3.40. The predicted octanol–water partition coefficient (Wildman–Crippen LogP) is 0.606. The summed E-state index contributed by atoms with van der Waals surface area (Å²) in [6.45, 7) is 2.94. The van der Waals surface area contributed by atoms with E-state index >= 15 is 0 Å². The van der Waals surface area contributed by atoms with E-state index in [0.717, 1.165) is 24.2 Å². The van der Waals surface area contributed by atoms with Crippen LogP contribution in [0.25, 0.3) is 0 Å². The van der Waals surface area contributed by atoms with E-state index in [0.29, 0.717) is 12.6 Å². The van der Waals surface area contributed by atoms with Gasteiger partial charge in [0.1, 0.15) is 12.7 Å². The topological polar surface area (TPSA) is 56.3 Å². The molecule has 0 bridgehead atoms. The highest BCUT2D eigenvalue weighted by Gasteiger charge is 2.14. The normalized spacial score (nSPS) is 21.3. The summed E-state index contributed by atoms with van der Waals surface area (Å²) in [4.78, 5) is 8.01. The quantitative estimate of drug-likeness (QED) is 0.875. The van der Waals surface area contributed by atoms with Crippen molar-refractivity contribution in [3.63, 3.8) is 0 Å².